The van der Waals surface area contributed by atoms with Gasteiger partial charge in [0.2, 0.25) is 0 Å². The zero-order chi connectivity index (χ0) is 16.1. The van der Waals surface area contributed by atoms with Crippen LogP contribution in [0.25, 0.3) is 0 Å². The highest BCUT2D eigenvalue weighted by Crippen LogP contribution is 2.29. The van der Waals surface area contributed by atoms with E-state index in [0.717, 1.165) is 18.7 Å². The molecule has 23 heavy (non-hydrogen) atoms. The maximum Gasteiger partial charge on any atom is 0.138 e. The molecule has 1 aliphatic heterocycles. The summed E-state index contributed by atoms with van der Waals surface area (Å²) in [6, 6.07) is 5.38. The Kier molecular flexibility index (Phi) is 5.20. The predicted octanol–water partition coefficient (Wildman–Crippen LogP) is 3.41. The number of rotatable bonds is 7. The summed E-state index contributed by atoms with van der Waals surface area (Å²) in [5.74, 6) is 2.30. The van der Waals surface area contributed by atoms with Crippen LogP contribution in [0.2, 0.25) is 5.02 Å². The number of aromatic nitrogens is 2. The number of ether oxygens (including phenoxy) is 3. The lowest BCUT2D eigenvalue weighted by Gasteiger charge is -2.14. The summed E-state index contributed by atoms with van der Waals surface area (Å²) in [6.07, 6.45) is 9.37. The number of benzene rings is 1. The molecular weight excluding hydrogens is 316 g/mol. The lowest BCUT2D eigenvalue weighted by atomic mass is 10.2. The summed E-state index contributed by atoms with van der Waals surface area (Å²) in [6.45, 7) is 0.536. The first kappa shape index (κ1) is 15.9. The Labute approximate surface area is 140 Å². The molecule has 0 spiro atoms. The Morgan fingerprint density at radius 3 is 2.91 bits per heavy atom. The van der Waals surface area contributed by atoms with Crippen LogP contribution in [0.3, 0.4) is 0 Å². The molecule has 5 nitrogen and oxygen atoms in total. The van der Waals surface area contributed by atoms with Gasteiger partial charge in [-0.2, -0.15) is 0 Å². The zero-order valence-electron chi connectivity index (χ0n) is 12.9. The Balaban J connectivity index is 1.42. The van der Waals surface area contributed by atoms with Gasteiger partial charge in [-0.1, -0.05) is 23.8 Å². The van der Waals surface area contributed by atoms with Gasteiger partial charge in [0.15, 0.2) is 0 Å². The largest absolute Gasteiger partial charge is 0.497 e. The second kappa shape index (κ2) is 7.53. The van der Waals surface area contributed by atoms with Gasteiger partial charge in [0.25, 0.3) is 0 Å². The van der Waals surface area contributed by atoms with E-state index < -0.39 is 0 Å². The molecule has 0 bridgehead atoms. The molecule has 2 aromatic rings. The molecule has 1 aromatic carbocycles. The summed E-state index contributed by atoms with van der Waals surface area (Å²) >= 11 is 6.15. The van der Waals surface area contributed by atoms with Crippen LogP contribution in [0.4, 0.5) is 0 Å². The molecule has 6 heteroatoms. The summed E-state index contributed by atoms with van der Waals surface area (Å²) in [4.78, 5) is 7.30. The van der Waals surface area contributed by atoms with Crippen LogP contribution in [-0.4, -0.2) is 35.9 Å². The second-order valence-corrected chi connectivity index (χ2v) is 5.68. The maximum atomic E-state index is 6.15. The quantitative estimate of drug-likeness (QED) is 0.788. The van der Waals surface area contributed by atoms with Gasteiger partial charge < -0.3 is 19.2 Å². The predicted molar refractivity (Wildman–Crippen MR) is 88.2 cm³/mol. The van der Waals surface area contributed by atoms with E-state index in [2.05, 4.69) is 22.1 Å². The van der Waals surface area contributed by atoms with Gasteiger partial charge in [-0.3, -0.25) is 0 Å². The topological polar surface area (TPSA) is 56.4 Å². The average molecular weight is 335 g/mol. The van der Waals surface area contributed by atoms with E-state index in [9.17, 15) is 0 Å². The third-order valence-electron chi connectivity index (χ3n) is 3.64. The molecule has 3 rings (SSSR count). The van der Waals surface area contributed by atoms with E-state index in [4.69, 9.17) is 25.8 Å². The number of hydrogen-bond acceptors (Lipinski definition) is 4. The molecule has 0 saturated heterocycles. The van der Waals surface area contributed by atoms with Crippen molar-refractivity contribution in [2.45, 2.75) is 25.0 Å². The fraction of sp³-hybridized carbons (Fsp3) is 0.353. The van der Waals surface area contributed by atoms with Crippen LogP contribution < -0.4 is 9.47 Å². The van der Waals surface area contributed by atoms with Gasteiger partial charge in [0.05, 0.1) is 30.9 Å². The first-order valence-electron chi connectivity index (χ1n) is 7.53. The van der Waals surface area contributed by atoms with Crippen molar-refractivity contribution in [1.29, 1.82) is 0 Å². The number of aromatic amines is 1. The number of hydrogen-bond donors (Lipinski definition) is 1. The monoisotopic (exact) mass is 334 g/mol. The van der Waals surface area contributed by atoms with E-state index in [0.29, 0.717) is 23.1 Å². The van der Waals surface area contributed by atoms with Crippen molar-refractivity contribution in [3.63, 3.8) is 0 Å². The fourth-order valence-electron chi connectivity index (χ4n) is 2.45. The second-order valence-electron chi connectivity index (χ2n) is 5.27. The van der Waals surface area contributed by atoms with Gasteiger partial charge in [0.1, 0.15) is 17.3 Å². The molecule has 1 N–H and O–H groups in total. The summed E-state index contributed by atoms with van der Waals surface area (Å²) in [7, 11) is 1.61. The number of H-pyrrole nitrogens is 1. The van der Waals surface area contributed by atoms with Gasteiger partial charge in [0, 0.05) is 31.3 Å². The molecule has 1 aliphatic rings. The van der Waals surface area contributed by atoms with Crippen molar-refractivity contribution >= 4 is 11.6 Å². The standard InChI is InChI=1S/C17H19ClN2O3/c1-21-13-4-5-16(15(18)10-13)22-9-6-12-2-3-14(23-12)11-17-19-7-8-20-17/h2-5,7-8,10,12,14H,6,9,11H2,1H3,(H,19,20)/t12?,14-/m1/s1. The molecule has 0 aliphatic carbocycles. The number of halogens is 1. The molecule has 2 atom stereocenters. The van der Waals surface area contributed by atoms with Gasteiger partial charge in [-0.15, -0.1) is 0 Å². The van der Waals surface area contributed by atoms with Crippen molar-refractivity contribution in [3.8, 4) is 11.5 Å². The molecule has 0 amide bonds. The van der Waals surface area contributed by atoms with Crippen LogP contribution in [-0.2, 0) is 11.2 Å². The lowest BCUT2D eigenvalue weighted by molar-refractivity contribution is 0.0475. The smallest absolute Gasteiger partial charge is 0.138 e. The van der Waals surface area contributed by atoms with Crippen molar-refractivity contribution in [1.82, 2.24) is 9.97 Å². The lowest BCUT2D eigenvalue weighted by Crippen LogP contribution is -2.17. The highest BCUT2D eigenvalue weighted by Gasteiger charge is 2.20. The Morgan fingerprint density at radius 2 is 2.17 bits per heavy atom. The van der Waals surface area contributed by atoms with E-state index >= 15 is 0 Å². The minimum absolute atomic E-state index is 0.0620. The first-order valence-corrected chi connectivity index (χ1v) is 7.91. The van der Waals surface area contributed by atoms with Crippen LogP contribution in [0.1, 0.15) is 12.2 Å². The molecule has 2 heterocycles. The van der Waals surface area contributed by atoms with Gasteiger partial charge in [-0.25, -0.2) is 4.98 Å². The fourth-order valence-corrected chi connectivity index (χ4v) is 2.68. The Morgan fingerprint density at radius 1 is 1.30 bits per heavy atom. The number of methoxy groups -OCH3 is 1. The Hall–Kier alpha value is -1.98. The Bertz CT molecular complexity index is 658. The minimum Gasteiger partial charge on any atom is -0.497 e. The molecule has 0 fully saturated rings. The van der Waals surface area contributed by atoms with Crippen LogP contribution in [0.5, 0.6) is 11.5 Å². The third kappa shape index (κ3) is 4.27. The van der Waals surface area contributed by atoms with E-state index in [1.54, 1.807) is 19.4 Å². The molecule has 0 radical (unpaired) electrons. The van der Waals surface area contributed by atoms with Gasteiger partial charge >= 0.3 is 0 Å². The van der Waals surface area contributed by atoms with Gasteiger partial charge in [-0.05, 0) is 12.1 Å². The molecule has 1 unspecified atom stereocenters. The maximum absolute atomic E-state index is 6.15. The number of imidazole rings is 1. The highest BCUT2D eigenvalue weighted by atomic mass is 35.5. The summed E-state index contributed by atoms with van der Waals surface area (Å²) in [5, 5.41) is 0.544. The van der Waals surface area contributed by atoms with E-state index in [1.807, 2.05) is 18.3 Å². The van der Waals surface area contributed by atoms with Crippen molar-refractivity contribution in [2.24, 2.45) is 0 Å². The highest BCUT2D eigenvalue weighted by molar-refractivity contribution is 6.32. The van der Waals surface area contributed by atoms with Crippen molar-refractivity contribution in [3.05, 3.63) is 53.6 Å². The van der Waals surface area contributed by atoms with Crippen LogP contribution in [0.15, 0.2) is 42.7 Å². The molecule has 0 saturated carbocycles. The van der Waals surface area contributed by atoms with Crippen molar-refractivity contribution in [2.75, 3.05) is 13.7 Å². The molecule has 122 valence electrons. The third-order valence-corrected chi connectivity index (χ3v) is 3.93. The minimum atomic E-state index is 0.0620. The number of nitrogens with zero attached hydrogens (tertiary/aromatic N) is 1. The molecule has 1 aromatic heterocycles. The van der Waals surface area contributed by atoms with E-state index in [-0.39, 0.29) is 12.2 Å². The van der Waals surface area contributed by atoms with E-state index in [1.165, 1.54) is 0 Å². The van der Waals surface area contributed by atoms with Crippen LogP contribution >= 0.6 is 11.6 Å². The molecular formula is C17H19ClN2O3. The average Bonchev–Trinajstić information content (AvgIpc) is 3.21. The zero-order valence-corrected chi connectivity index (χ0v) is 13.6. The van der Waals surface area contributed by atoms with Crippen molar-refractivity contribution < 1.29 is 14.2 Å². The number of nitrogens with one attached hydrogen (secondary N) is 1. The first-order chi connectivity index (χ1) is 11.2. The summed E-state index contributed by atoms with van der Waals surface area (Å²) < 4.78 is 16.8. The normalized spacial score (nSPS) is 19.9. The summed E-state index contributed by atoms with van der Waals surface area (Å²) in [5.41, 5.74) is 0. The van der Waals surface area contributed by atoms with Crippen LogP contribution in [0, 0.1) is 0 Å². The SMILES string of the molecule is COc1ccc(OCCC2C=C[C@H](Cc3ncc[nH]3)O2)c(Cl)c1.